The number of para-hydroxylation sites is 1. The zero-order valence-electron chi connectivity index (χ0n) is 13.8. The monoisotopic (exact) mass is 372 g/mol. The SMILES string of the molecule is CS(=O)(=O)c1cccc(NCc2ncc(-c3ccccc3)[nH]2)c1[N+](=O)[O-]. The molecule has 0 aliphatic rings. The summed E-state index contributed by atoms with van der Waals surface area (Å²) in [5, 5.41) is 14.3. The zero-order valence-corrected chi connectivity index (χ0v) is 14.7. The molecule has 8 nitrogen and oxygen atoms in total. The van der Waals surface area contributed by atoms with Gasteiger partial charge in [0.25, 0.3) is 0 Å². The molecule has 0 atom stereocenters. The number of nitro benzene ring substituents is 1. The number of aromatic amines is 1. The van der Waals surface area contributed by atoms with Crippen LogP contribution in [0.2, 0.25) is 0 Å². The lowest BCUT2D eigenvalue weighted by molar-refractivity contribution is -0.386. The maximum absolute atomic E-state index is 11.8. The molecule has 1 aromatic heterocycles. The Morgan fingerprint density at radius 3 is 2.54 bits per heavy atom. The van der Waals surface area contributed by atoms with Gasteiger partial charge in [-0.15, -0.1) is 0 Å². The highest BCUT2D eigenvalue weighted by Crippen LogP contribution is 2.32. The van der Waals surface area contributed by atoms with E-state index in [-0.39, 0.29) is 17.1 Å². The van der Waals surface area contributed by atoms with Crippen LogP contribution in [0.5, 0.6) is 0 Å². The van der Waals surface area contributed by atoms with E-state index in [1.165, 1.54) is 18.2 Å². The number of anilines is 1. The van der Waals surface area contributed by atoms with Crippen molar-refractivity contribution >= 4 is 21.2 Å². The van der Waals surface area contributed by atoms with Crippen molar-refractivity contribution in [3.05, 3.63) is 70.7 Å². The van der Waals surface area contributed by atoms with Gasteiger partial charge in [0, 0.05) is 6.26 Å². The second-order valence-corrected chi connectivity index (χ2v) is 7.63. The van der Waals surface area contributed by atoms with Gasteiger partial charge in [0.1, 0.15) is 16.4 Å². The number of benzene rings is 2. The summed E-state index contributed by atoms with van der Waals surface area (Å²) in [6.07, 6.45) is 2.62. The summed E-state index contributed by atoms with van der Waals surface area (Å²) in [6, 6.07) is 13.8. The molecule has 2 N–H and O–H groups in total. The van der Waals surface area contributed by atoms with Crippen LogP contribution in [0.4, 0.5) is 11.4 Å². The molecule has 0 radical (unpaired) electrons. The Labute approximate surface area is 150 Å². The minimum Gasteiger partial charge on any atom is -0.372 e. The lowest BCUT2D eigenvalue weighted by Gasteiger charge is -2.08. The summed E-state index contributed by atoms with van der Waals surface area (Å²) >= 11 is 0. The number of nitrogens with zero attached hydrogens (tertiary/aromatic N) is 2. The van der Waals surface area contributed by atoms with Crippen LogP contribution in [0.25, 0.3) is 11.3 Å². The van der Waals surface area contributed by atoms with Gasteiger partial charge in [-0.25, -0.2) is 13.4 Å². The lowest BCUT2D eigenvalue weighted by Crippen LogP contribution is -2.08. The maximum atomic E-state index is 11.8. The molecule has 26 heavy (non-hydrogen) atoms. The Morgan fingerprint density at radius 2 is 1.88 bits per heavy atom. The summed E-state index contributed by atoms with van der Waals surface area (Å²) in [5.74, 6) is 0.572. The third-order valence-electron chi connectivity index (χ3n) is 3.74. The van der Waals surface area contributed by atoms with E-state index in [9.17, 15) is 18.5 Å². The van der Waals surface area contributed by atoms with Crippen molar-refractivity contribution in [1.82, 2.24) is 9.97 Å². The summed E-state index contributed by atoms with van der Waals surface area (Å²) in [5.41, 5.74) is 1.44. The fourth-order valence-electron chi connectivity index (χ4n) is 2.55. The minimum atomic E-state index is -3.72. The van der Waals surface area contributed by atoms with Gasteiger partial charge in [-0.1, -0.05) is 36.4 Å². The van der Waals surface area contributed by atoms with Crippen LogP contribution in [0.1, 0.15) is 5.82 Å². The number of hydrogen-bond acceptors (Lipinski definition) is 6. The zero-order chi connectivity index (χ0) is 18.7. The number of hydrogen-bond donors (Lipinski definition) is 2. The highest BCUT2D eigenvalue weighted by atomic mass is 32.2. The van der Waals surface area contributed by atoms with Crippen LogP contribution >= 0.6 is 0 Å². The van der Waals surface area contributed by atoms with Gasteiger partial charge in [-0.3, -0.25) is 10.1 Å². The fourth-order valence-corrected chi connectivity index (χ4v) is 3.41. The van der Waals surface area contributed by atoms with Crippen molar-refractivity contribution < 1.29 is 13.3 Å². The van der Waals surface area contributed by atoms with Gasteiger partial charge in [0.2, 0.25) is 0 Å². The van der Waals surface area contributed by atoms with Gasteiger partial charge >= 0.3 is 5.69 Å². The molecular formula is C17H16N4O4S. The van der Waals surface area contributed by atoms with E-state index in [1.807, 2.05) is 30.3 Å². The van der Waals surface area contributed by atoms with Gasteiger partial charge < -0.3 is 10.3 Å². The first-order valence-electron chi connectivity index (χ1n) is 7.67. The Balaban J connectivity index is 1.85. The number of nitrogens with one attached hydrogen (secondary N) is 2. The predicted molar refractivity (Wildman–Crippen MR) is 97.6 cm³/mol. The highest BCUT2D eigenvalue weighted by Gasteiger charge is 2.26. The first-order chi connectivity index (χ1) is 12.4. The van der Waals surface area contributed by atoms with Gasteiger partial charge in [0.15, 0.2) is 9.84 Å². The minimum absolute atomic E-state index is 0.121. The van der Waals surface area contributed by atoms with E-state index in [0.717, 1.165) is 17.5 Å². The molecule has 0 aliphatic heterocycles. The molecular weight excluding hydrogens is 356 g/mol. The Morgan fingerprint density at radius 1 is 1.15 bits per heavy atom. The number of rotatable bonds is 6. The van der Waals surface area contributed by atoms with Crippen LogP contribution in [0.15, 0.2) is 59.6 Å². The number of nitro groups is 1. The molecule has 3 aromatic rings. The van der Waals surface area contributed by atoms with Gasteiger partial charge in [-0.2, -0.15) is 0 Å². The molecule has 0 fully saturated rings. The Hall–Kier alpha value is -3.20. The standard InChI is InChI=1S/C17H16N4O4S/c1-26(24,25)15-9-5-8-13(17(15)21(22)23)18-11-16-19-10-14(20-16)12-6-3-2-4-7-12/h2-10,18H,11H2,1H3,(H,19,20). The van der Waals surface area contributed by atoms with E-state index < -0.39 is 20.4 Å². The van der Waals surface area contributed by atoms with Crippen LogP contribution in [-0.4, -0.2) is 29.6 Å². The number of imidazole rings is 1. The molecule has 3 rings (SSSR count). The van der Waals surface area contributed by atoms with Crippen LogP contribution in [-0.2, 0) is 16.4 Å². The van der Waals surface area contributed by atoms with Crippen LogP contribution in [0, 0.1) is 10.1 Å². The largest absolute Gasteiger partial charge is 0.372 e. The average Bonchev–Trinajstić information content (AvgIpc) is 3.08. The molecule has 0 spiro atoms. The van der Waals surface area contributed by atoms with Crippen molar-refractivity contribution in [1.29, 1.82) is 0 Å². The number of H-pyrrole nitrogens is 1. The Bertz CT molecular complexity index is 1050. The first-order valence-corrected chi connectivity index (χ1v) is 9.56. The normalized spacial score (nSPS) is 11.3. The van der Waals surface area contributed by atoms with E-state index in [1.54, 1.807) is 6.20 Å². The summed E-state index contributed by atoms with van der Waals surface area (Å²) in [4.78, 5) is 17.7. The molecule has 1 heterocycles. The van der Waals surface area contributed by atoms with Crippen LogP contribution < -0.4 is 5.32 Å². The molecule has 0 saturated heterocycles. The van der Waals surface area contributed by atoms with Crippen molar-refractivity contribution in [2.75, 3.05) is 11.6 Å². The van der Waals surface area contributed by atoms with Crippen LogP contribution in [0.3, 0.4) is 0 Å². The van der Waals surface area contributed by atoms with E-state index in [0.29, 0.717) is 5.82 Å². The average molecular weight is 372 g/mol. The van der Waals surface area contributed by atoms with Gasteiger partial charge in [-0.05, 0) is 17.7 Å². The van der Waals surface area contributed by atoms with E-state index in [2.05, 4.69) is 15.3 Å². The number of sulfone groups is 1. The quantitative estimate of drug-likeness (QED) is 0.507. The van der Waals surface area contributed by atoms with Crippen molar-refractivity contribution in [3.8, 4) is 11.3 Å². The summed E-state index contributed by atoms with van der Waals surface area (Å²) in [6.45, 7) is 0.181. The molecule has 0 aliphatic carbocycles. The fraction of sp³-hybridized carbons (Fsp3) is 0.118. The highest BCUT2D eigenvalue weighted by molar-refractivity contribution is 7.90. The van der Waals surface area contributed by atoms with Gasteiger partial charge in [0.05, 0.1) is 23.4 Å². The predicted octanol–water partition coefficient (Wildman–Crippen LogP) is 3.00. The second kappa shape index (κ2) is 6.96. The first kappa shape index (κ1) is 17.6. The topological polar surface area (TPSA) is 118 Å². The third kappa shape index (κ3) is 3.72. The third-order valence-corrected chi connectivity index (χ3v) is 4.87. The molecule has 2 aromatic carbocycles. The summed E-state index contributed by atoms with van der Waals surface area (Å²) < 4.78 is 23.6. The summed E-state index contributed by atoms with van der Waals surface area (Å²) in [7, 11) is -3.72. The molecule has 0 bridgehead atoms. The molecule has 0 saturated carbocycles. The Kier molecular flexibility index (Phi) is 4.72. The molecule has 0 amide bonds. The van der Waals surface area contributed by atoms with E-state index in [4.69, 9.17) is 0 Å². The molecule has 9 heteroatoms. The van der Waals surface area contributed by atoms with E-state index >= 15 is 0 Å². The lowest BCUT2D eigenvalue weighted by atomic mass is 10.2. The number of aromatic nitrogens is 2. The molecule has 134 valence electrons. The van der Waals surface area contributed by atoms with Crippen molar-refractivity contribution in [3.63, 3.8) is 0 Å². The van der Waals surface area contributed by atoms with Crippen molar-refractivity contribution in [2.45, 2.75) is 11.4 Å². The maximum Gasteiger partial charge on any atom is 0.310 e. The molecule has 0 unspecified atom stereocenters. The smallest absolute Gasteiger partial charge is 0.310 e. The van der Waals surface area contributed by atoms with Crippen molar-refractivity contribution in [2.24, 2.45) is 0 Å². The second-order valence-electron chi connectivity index (χ2n) is 5.64.